The van der Waals surface area contributed by atoms with E-state index in [9.17, 15) is 0 Å². The summed E-state index contributed by atoms with van der Waals surface area (Å²) in [4.78, 5) is 2.57. The van der Waals surface area contributed by atoms with E-state index in [1.807, 2.05) is 0 Å². The molecule has 1 aromatic carbocycles. The Balaban J connectivity index is 1.69. The van der Waals surface area contributed by atoms with Crippen LogP contribution in [-0.4, -0.2) is 44.7 Å². The molecule has 0 aromatic heterocycles. The molecule has 0 unspecified atom stereocenters. The molecule has 19 heavy (non-hydrogen) atoms. The molecular weight excluding hydrogens is 236 g/mol. The zero-order valence-corrected chi connectivity index (χ0v) is 11.9. The first kappa shape index (κ1) is 12.9. The zero-order chi connectivity index (χ0) is 13.1. The third-order valence-electron chi connectivity index (χ3n) is 4.47. The molecule has 1 fully saturated rings. The third-order valence-corrected chi connectivity index (χ3v) is 4.47. The number of piperazine rings is 1. The largest absolute Gasteiger partial charge is 0.496 e. The second-order valence-electron chi connectivity index (χ2n) is 5.58. The number of rotatable bonds is 4. The molecule has 0 atom stereocenters. The summed E-state index contributed by atoms with van der Waals surface area (Å²) in [7, 11) is 1.79. The van der Waals surface area contributed by atoms with Gasteiger partial charge in [-0.1, -0.05) is 6.07 Å². The number of nitrogens with zero attached hydrogens (tertiary/aromatic N) is 1. The van der Waals surface area contributed by atoms with Crippen LogP contribution in [0, 0.1) is 0 Å². The number of ether oxygens (including phenoxy) is 1. The van der Waals surface area contributed by atoms with E-state index in [-0.39, 0.29) is 0 Å². The van der Waals surface area contributed by atoms with E-state index in [0.29, 0.717) is 0 Å². The normalized spacial score (nSPS) is 19.4. The zero-order valence-electron chi connectivity index (χ0n) is 11.9. The summed E-state index contributed by atoms with van der Waals surface area (Å²) in [5, 5.41) is 3.41. The molecule has 0 radical (unpaired) electrons. The van der Waals surface area contributed by atoms with E-state index in [2.05, 4.69) is 22.3 Å². The number of benzene rings is 1. The van der Waals surface area contributed by atoms with E-state index in [0.717, 1.165) is 18.8 Å². The molecule has 1 aromatic rings. The first-order valence-corrected chi connectivity index (χ1v) is 7.49. The highest BCUT2D eigenvalue weighted by Gasteiger charge is 2.19. The van der Waals surface area contributed by atoms with Gasteiger partial charge in [-0.15, -0.1) is 0 Å². The molecule has 0 spiro atoms. The van der Waals surface area contributed by atoms with Gasteiger partial charge in [0.05, 0.1) is 7.11 Å². The third kappa shape index (κ3) is 2.77. The molecule has 1 N–H and O–H groups in total. The summed E-state index contributed by atoms with van der Waals surface area (Å²) in [6.45, 7) is 5.86. The first-order chi connectivity index (χ1) is 9.38. The number of nitrogens with one attached hydrogen (secondary N) is 1. The number of hydrogen-bond donors (Lipinski definition) is 1. The lowest BCUT2D eigenvalue weighted by molar-refractivity contribution is 0.243. The first-order valence-electron chi connectivity index (χ1n) is 7.49. The Hall–Kier alpha value is -1.06. The SMILES string of the molecule is COc1ccc(CCN2CCNCC2)c2c1CCC2. The van der Waals surface area contributed by atoms with Crippen molar-refractivity contribution in [2.45, 2.75) is 25.7 Å². The van der Waals surface area contributed by atoms with Crippen molar-refractivity contribution in [1.82, 2.24) is 10.2 Å². The fraction of sp³-hybridized carbons (Fsp3) is 0.625. The van der Waals surface area contributed by atoms with Gasteiger partial charge in [0.1, 0.15) is 5.75 Å². The maximum absolute atomic E-state index is 5.49. The van der Waals surface area contributed by atoms with Crippen LogP contribution < -0.4 is 10.1 Å². The van der Waals surface area contributed by atoms with Crippen LogP contribution in [0.2, 0.25) is 0 Å². The van der Waals surface area contributed by atoms with Crippen molar-refractivity contribution < 1.29 is 4.74 Å². The van der Waals surface area contributed by atoms with E-state index in [4.69, 9.17) is 4.74 Å². The topological polar surface area (TPSA) is 24.5 Å². The van der Waals surface area contributed by atoms with Gasteiger partial charge < -0.3 is 15.0 Å². The quantitative estimate of drug-likeness (QED) is 0.890. The summed E-state index contributed by atoms with van der Waals surface area (Å²) in [5.41, 5.74) is 4.60. The van der Waals surface area contributed by atoms with Gasteiger partial charge in [-0.2, -0.15) is 0 Å². The molecule has 1 heterocycles. The Morgan fingerprint density at radius 3 is 2.74 bits per heavy atom. The second kappa shape index (κ2) is 5.93. The van der Waals surface area contributed by atoms with Gasteiger partial charge in [0, 0.05) is 32.7 Å². The number of fused-ring (bicyclic) bond motifs is 1. The average molecular weight is 260 g/mol. The Morgan fingerprint density at radius 1 is 1.16 bits per heavy atom. The van der Waals surface area contributed by atoms with Gasteiger partial charge in [0.15, 0.2) is 0 Å². The minimum absolute atomic E-state index is 1.10. The van der Waals surface area contributed by atoms with E-state index < -0.39 is 0 Å². The van der Waals surface area contributed by atoms with Crippen molar-refractivity contribution in [3.8, 4) is 5.75 Å². The van der Waals surface area contributed by atoms with Gasteiger partial charge in [-0.25, -0.2) is 0 Å². The molecule has 0 bridgehead atoms. The van der Waals surface area contributed by atoms with Crippen molar-refractivity contribution in [2.24, 2.45) is 0 Å². The van der Waals surface area contributed by atoms with Crippen molar-refractivity contribution >= 4 is 0 Å². The van der Waals surface area contributed by atoms with Crippen LogP contribution in [0.25, 0.3) is 0 Å². The smallest absolute Gasteiger partial charge is 0.122 e. The van der Waals surface area contributed by atoms with Gasteiger partial charge in [0.2, 0.25) is 0 Å². The van der Waals surface area contributed by atoms with Crippen molar-refractivity contribution in [3.63, 3.8) is 0 Å². The van der Waals surface area contributed by atoms with Crippen molar-refractivity contribution in [2.75, 3.05) is 39.8 Å². The predicted octanol–water partition coefficient (Wildman–Crippen LogP) is 1.63. The fourth-order valence-electron chi connectivity index (χ4n) is 3.39. The van der Waals surface area contributed by atoms with Crippen LogP contribution in [-0.2, 0) is 19.3 Å². The van der Waals surface area contributed by atoms with Crippen LogP contribution >= 0.6 is 0 Å². The minimum atomic E-state index is 1.10. The van der Waals surface area contributed by atoms with Crippen LogP contribution in [0.15, 0.2) is 12.1 Å². The van der Waals surface area contributed by atoms with Crippen molar-refractivity contribution in [1.29, 1.82) is 0 Å². The molecule has 2 aliphatic rings. The molecule has 0 saturated carbocycles. The van der Waals surface area contributed by atoms with Gasteiger partial charge >= 0.3 is 0 Å². The molecular formula is C16H24N2O. The highest BCUT2D eigenvalue weighted by atomic mass is 16.5. The maximum atomic E-state index is 5.49. The molecule has 3 nitrogen and oxygen atoms in total. The molecule has 104 valence electrons. The summed E-state index contributed by atoms with van der Waals surface area (Å²) in [6.07, 6.45) is 4.91. The minimum Gasteiger partial charge on any atom is -0.496 e. The highest BCUT2D eigenvalue weighted by molar-refractivity contribution is 5.47. The summed E-state index contributed by atoms with van der Waals surface area (Å²) >= 11 is 0. The summed E-state index contributed by atoms with van der Waals surface area (Å²) in [6, 6.07) is 4.45. The van der Waals surface area contributed by atoms with E-state index in [1.165, 1.54) is 50.9 Å². The van der Waals surface area contributed by atoms with Gasteiger partial charge in [0.25, 0.3) is 0 Å². The molecule has 1 aliphatic carbocycles. The lowest BCUT2D eigenvalue weighted by Crippen LogP contribution is -2.44. The second-order valence-corrected chi connectivity index (χ2v) is 5.58. The lowest BCUT2D eigenvalue weighted by atomic mass is 9.99. The molecule has 0 amide bonds. The van der Waals surface area contributed by atoms with Gasteiger partial charge in [-0.05, 0) is 48.4 Å². The van der Waals surface area contributed by atoms with E-state index >= 15 is 0 Å². The highest BCUT2D eigenvalue weighted by Crippen LogP contribution is 2.33. The predicted molar refractivity (Wildman–Crippen MR) is 78.0 cm³/mol. The monoisotopic (exact) mass is 260 g/mol. The number of methoxy groups -OCH3 is 1. The molecule has 1 saturated heterocycles. The van der Waals surface area contributed by atoms with Crippen LogP contribution in [0.1, 0.15) is 23.1 Å². The lowest BCUT2D eigenvalue weighted by Gasteiger charge is -2.27. The molecule has 1 aliphatic heterocycles. The van der Waals surface area contributed by atoms with Crippen molar-refractivity contribution in [3.05, 3.63) is 28.8 Å². The fourth-order valence-corrected chi connectivity index (χ4v) is 3.39. The summed E-state index contributed by atoms with van der Waals surface area (Å²) < 4.78 is 5.49. The maximum Gasteiger partial charge on any atom is 0.122 e. The Morgan fingerprint density at radius 2 is 1.95 bits per heavy atom. The Labute approximate surface area is 115 Å². The molecule has 3 heteroatoms. The van der Waals surface area contributed by atoms with Gasteiger partial charge in [-0.3, -0.25) is 0 Å². The standard InChI is InChI=1S/C16H24N2O/c1-19-16-6-5-13(14-3-2-4-15(14)16)7-10-18-11-8-17-9-12-18/h5-6,17H,2-4,7-12H2,1H3. The summed E-state index contributed by atoms with van der Waals surface area (Å²) in [5.74, 6) is 1.10. The van der Waals surface area contributed by atoms with E-state index in [1.54, 1.807) is 18.2 Å². The number of hydrogen-bond acceptors (Lipinski definition) is 3. The Kier molecular flexibility index (Phi) is 4.04. The average Bonchev–Trinajstić information content (AvgIpc) is 2.95. The Bertz CT molecular complexity index is 439. The molecule has 3 rings (SSSR count). The van der Waals surface area contributed by atoms with Crippen LogP contribution in [0.5, 0.6) is 5.75 Å². The van der Waals surface area contributed by atoms with Crippen LogP contribution in [0.4, 0.5) is 0 Å². The van der Waals surface area contributed by atoms with Crippen LogP contribution in [0.3, 0.4) is 0 Å².